The Balaban J connectivity index is 1.81. The van der Waals surface area contributed by atoms with Crippen molar-refractivity contribution >= 4 is 34.4 Å². The first-order chi connectivity index (χ1) is 18.2. The van der Waals surface area contributed by atoms with Crippen molar-refractivity contribution < 1.29 is 9.90 Å². The summed E-state index contributed by atoms with van der Waals surface area (Å²) < 4.78 is 2.46. The molecule has 38 heavy (non-hydrogen) atoms. The van der Waals surface area contributed by atoms with Gasteiger partial charge >= 0.3 is 5.69 Å². The lowest BCUT2D eigenvalue weighted by Gasteiger charge is -2.22. The maximum absolute atomic E-state index is 13.3. The summed E-state index contributed by atoms with van der Waals surface area (Å²) in [6.07, 6.45) is 3.96. The second kappa shape index (κ2) is 11.2. The molecule has 200 valence electrons. The van der Waals surface area contributed by atoms with Gasteiger partial charge in [0.2, 0.25) is 5.91 Å². The van der Waals surface area contributed by atoms with Gasteiger partial charge in [-0.1, -0.05) is 26.0 Å². The van der Waals surface area contributed by atoms with E-state index in [1.54, 1.807) is 13.1 Å². The number of aliphatic hydroxyl groups is 1. The number of rotatable bonds is 8. The van der Waals surface area contributed by atoms with Crippen molar-refractivity contribution in [3.8, 4) is 11.1 Å². The van der Waals surface area contributed by atoms with Crippen LogP contribution in [0.15, 0.2) is 50.5 Å². The Morgan fingerprint density at radius 3 is 2.47 bits per heavy atom. The Hall–Kier alpha value is -3.98. The number of amidine groups is 1. The first-order valence-corrected chi connectivity index (χ1v) is 13.0. The molecule has 0 fully saturated rings. The second-order valence-corrected chi connectivity index (χ2v) is 9.72. The molecule has 0 atom stereocenters. The number of nitrogens with zero attached hydrogens (tertiary/aromatic N) is 4. The number of carbonyl (C=O) groups excluding carboxylic acids is 1. The zero-order chi connectivity index (χ0) is 27.6. The second-order valence-electron chi connectivity index (χ2n) is 9.72. The predicted octanol–water partition coefficient (Wildman–Crippen LogP) is 3.09. The first-order valence-electron chi connectivity index (χ1n) is 13.0. The van der Waals surface area contributed by atoms with E-state index in [9.17, 15) is 19.5 Å². The number of hydrogen-bond donors (Lipinski definition) is 2. The Morgan fingerprint density at radius 2 is 1.82 bits per heavy atom. The van der Waals surface area contributed by atoms with Gasteiger partial charge in [-0.15, -0.1) is 0 Å². The van der Waals surface area contributed by atoms with E-state index in [-0.39, 0.29) is 25.5 Å². The number of fused-ring (bicyclic) bond motifs is 2. The van der Waals surface area contributed by atoms with Crippen molar-refractivity contribution in [2.75, 3.05) is 19.7 Å². The van der Waals surface area contributed by atoms with Gasteiger partial charge in [-0.25, -0.2) is 9.79 Å². The number of aliphatic hydroxyl groups excluding tert-OH is 1. The summed E-state index contributed by atoms with van der Waals surface area (Å²) in [6.45, 7) is 7.13. The Kier molecular flexibility index (Phi) is 7.97. The van der Waals surface area contributed by atoms with E-state index in [2.05, 4.69) is 18.8 Å². The molecule has 0 radical (unpaired) electrons. The lowest BCUT2D eigenvalue weighted by molar-refractivity contribution is -0.127. The van der Waals surface area contributed by atoms with E-state index in [4.69, 9.17) is 5.73 Å². The minimum absolute atomic E-state index is 0.00882. The van der Waals surface area contributed by atoms with Gasteiger partial charge in [0.1, 0.15) is 5.84 Å². The Bertz CT molecular complexity index is 1570. The van der Waals surface area contributed by atoms with Crippen LogP contribution in [-0.2, 0) is 18.4 Å². The maximum atomic E-state index is 13.3. The minimum atomic E-state index is -0.480. The zero-order valence-electron chi connectivity index (χ0n) is 22.5. The van der Waals surface area contributed by atoms with Crippen LogP contribution in [0, 0.1) is 6.92 Å². The van der Waals surface area contributed by atoms with Crippen molar-refractivity contribution in [1.29, 1.82) is 0 Å². The molecule has 1 aliphatic rings. The molecule has 9 heteroatoms. The predicted molar refractivity (Wildman–Crippen MR) is 152 cm³/mol. The third kappa shape index (κ3) is 5.06. The van der Waals surface area contributed by atoms with Crippen LogP contribution in [0.25, 0.3) is 28.1 Å². The monoisotopic (exact) mass is 517 g/mol. The molecule has 3 N–H and O–H groups in total. The molecule has 1 amide bonds. The number of aromatic nitrogens is 2. The number of aliphatic imine (C=N–C) groups is 1. The lowest BCUT2D eigenvalue weighted by atomic mass is 9.96. The van der Waals surface area contributed by atoms with Crippen molar-refractivity contribution in [3.05, 3.63) is 67.9 Å². The quantitative estimate of drug-likeness (QED) is 0.475. The average Bonchev–Trinajstić information content (AvgIpc) is 3.07. The van der Waals surface area contributed by atoms with Crippen molar-refractivity contribution in [1.82, 2.24) is 14.0 Å². The van der Waals surface area contributed by atoms with E-state index >= 15 is 0 Å². The molecule has 0 saturated heterocycles. The SMILES string of the molecule is CCCN(CCC)C(=O)C1=Cc2c(C)cc(-c3ccc4c(=O)n(CCO)c(=O)n(C)c4c3)cc2N=C(N)C1. The number of carbonyl (C=O) groups is 1. The molecular weight excluding hydrogens is 482 g/mol. The molecule has 2 heterocycles. The number of amides is 1. The van der Waals surface area contributed by atoms with E-state index in [1.807, 2.05) is 42.2 Å². The molecule has 3 aromatic rings. The van der Waals surface area contributed by atoms with E-state index < -0.39 is 11.2 Å². The van der Waals surface area contributed by atoms with Gasteiger partial charge in [0, 0.05) is 37.7 Å². The molecule has 0 spiro atoms. The fraction of sp³-hybridized carbons (Fsp3) is 0.379. The molecule has 9 nitrogen and oxygen atoms in total. The van der Waals surface area contributed by atoms with E-state index in [0.29, 0.717) is 41.1 Å². The molecule has 0 unspecified atom stereocenters. The lowest BCUT2D eigenvalue weighted by Crippen LogP contribution is -2.39. The molecule has 2 aromatic carbocycles. The third-order valence-electron chi connectivity index (χ3n) is 6.88. The van der Waals surface area contributed by atoms with Crippen molar-refractivity contribution in [2.45, 2.75) is 46.6 Å². The number of hydrogen-bond acceptors (Lipinski definition) is 6. The molecule has 1 aromatic heterocycles. The summed E-state index contributed by atoms with van der Waals surface area (Å²) in [7, 11) is 1.61. The van der Waals surface area contributed by atoms with Gasteiger partial charge in [-0.05, 0) is 60.7 Å². The van der Waals surface area contributed by atoms with Crippen LogP contribution in [0.3, 0.4) is 0 Å². The number of aryl methyl sites for hydroxylation is 2. The van der Waals surface area contributed by atoms with E-state index in [1.165, 1.54) is 4.57 Å². The summed E-state index contributed by atoms with van der Waals surface area (Å²) in [5, 5.41) is 9.65. The largest absolute Gasteiger partial charge is 0.395 e. The zero-order valence-corrected chi connectivity index (χ0v) is 22.5. The van der Waals surface area contributed by atoms with Crippen molar-refractivity contribution in [2.24, 2.45) is 17.8 Å². The summed E-state index contributed by atoms with van der Waals surface area (Å²) in [4.78, 5) is 45.4. The molecule has 0 aliphatic carbocycles. The minimum Gasteiger partial charge on any atom is -0.395 e. The summed E-state index contributed by atoms with van der Waals surface area (Å²) in [6, 6.07) is 9.27. The van der Waals surface area contributed by atoms with Crippen LogP contribution in [0.5, 0.6) is 0 Å². The highest BCUT2D eigenvalue weighted by atomic mass is 16.3. The fourth-order valence-electron chi connectivity index (χ4n) is 5.02. The van der Waals surface area contributed by atoms with Gasteiger partial charge in [0.25, 0.3) is 5.56 Å². The Labute approximate surface area is 221 Å². The van der Waals surface area contributed by atoms with Crippen LogP contribution in [0.2, 0.25) is 0 Å². The van der Waals surface area contributed by atoms with Crippen LogP contribution in [0.1, 0.15) is 44.2 Å². The standard InChI is InChI=1S/C29H35N5O4/c1-5-9-33(10-6-2)27(36)21-14-23-18(3)13-20(15-24(23)31-26(30)17-21)19-7-8-22-25(16-19)32(4)29(38)34(11-12-35)28(22)37/h7-8,13-16,35H,5-6,9-12,17H2,1-4H3,(H2,30,31). The van der Waals surface area contributed by atoms with Crippen LogP contribution in [-0.4, -0.2) is 50.6 Å². The smallest absolute Gasteiger partial charge is 0.331 e. The van der Waals surface area contributed by atoms with Gasteiger partial charge in [-0.3, -0.25) is 18.7 Å². The molecular formula is C29H35N5O4. The first kappa shape index (κ1) is 27.1. The van der Waals surface area contributed by atoms with Gasteiger partial charge in [0.15, 0.2) is 0 Å². The maximum Gasteiger partial charge on any atom is 0.331 e. The van der Waals surface area contributed by atoms with E-state index in [0.717, 1.165) is 39.7 Å². The average molecular weight is 518 g/mol. The summed E-state index contributed by atoms with van der Waals surface area (Å²) in [5.74, 6) is 0.365. The summed E-state index contributed by atoms with van der Waals surface area (Å²) in [5.41, 5.74) is 10.6. The molecule has 0 bridgehead atoms. The number of benzene rings is 2. The van der Waals surface area contributed by atoms with Crippen LogP contribution < -0.4 is 17.0 Å². The number of nitrogens with two attached hydrogens (primary N) is 1. The molecule has 4 rings (SSSR count). The third-order valence-corrected chi connectivity index (χ3v) is 6.88. The Morgan fingerprint density at radius 1 is 1.11 bits per heavy atom. The molecule has 0 saturated carbocycles. The van der Waals surface area contributed by atoms with Crippen LogP contribution >= 0.6 is 0 Å². The van der Waals surface area contributed by atoms with Crippen molar-refractivity contribution in [3.63, 3.8) is 0 Å². The van der Waals surface area contributed by atoms with Gasteiger partial charge < -0.3 is 15.7 Å². The van der Waals surface area contributed by atoms with Gasteiger partial charge in [0.05, 0.1) is 29.7 Å². The highest BCUT2D eigenvalue weighted by Crippen LogP contribution is 2.35. The van der Waals surface area contributed by atoms with Crippen LogP contribution in [0.4, 0.5) is 5.69 Å². The van der Waals surface area contributed by atoms with Gasteiger partial charge in [-0.2, -0.15) is 0 Å². The topological polar surface area (TPSA) is 123 Å². The highest BCUT2D eigenvalue weighted by Gasteiger charge is 2.22. The molecule has 1 aliphatic heterocycles. The highest BCUT2D eigenvalue weighted by molar-refractivity contribution is 6.06. The fourth-order valence-corrected chi connectivity index (χ4v) is 5.02. The normalized spacial score (nSPS) is 13.1. The summed E-state index contributed by atoms with van der Waals surface area (Å²) >= 11 is 0.